The molecule has 0 spiro atoms. The molecule has 4 N–H and O–H groups in total. The number of esters is 4. The smallest absolute Gasteiger partial charge is 0.355 e. The van der Waals surface area contributed by atoms with Gasteiger partial charge >= 0.3 is 35.8 Å². The summed E-state index contributed by atoms with van der Waals surface area (Å²) in [5, 5.41) is 27.2. The molecule has 12 rings (SSSR count). The monoisotopic (exact) mass is 1670 g/mol. The first-order chi connectivity index (χ1) is 55.7. The number of amides is 2. The highest BCUT2D eigenvalue weighted by molar-refractivity contribution is 8.04. The van der Waals surface area contributed by atoms with Gasteiger partial charge in [0.2, 0.25) is 23.0 Å². The minimum Gasteiger partial charge on any atom is -0.481 e. The van der Waals surface area contributed by atoms with E-state index in [0.29, 0.717) is 59.4 Å². The maximum Gasteiger partial charge on any atom is 0.355 e. The normalized spacial score (nSPS) is 20.2. The molecule has 116 heavy (non-hydrogen) atoms. The lowest BCUT2D eigenvalue weighted by molar-refractivity contribution is -0.189. The second-order valence-electron chi connectivity index (χ2n) is 29.9. The van der Waals surface area contributed by atoms with Gasteiger partial charge in [0.15, 0.2) is 0 Å². The number of aromatic nitrogens is 4. The van der Waals surface area contributed by atoms with Crippen molar-refractivity contribution in [3.8, 4) is 22.8 Å². The van der Waals surface area contributed by atoms with Crippen molar-refractivity contribution >= 4 is 140 Å². The quantitative estimate of drug-likeness (QED) is 0.0157. The summed E-state index contributed by atoms with van der Waals surface area (Å²) in [4.78, 5) is 189. The zero-order valence-corrected chi connectivity index (χ0v) is 69.1. The molecule has 2 amide bonds. The van der Waals surface area contributed by atoms with E-state index in [4.69, 9.17) is 38.4 Å². The van der Waals surface area contributed by atoms with Crippen molar-refractivity contribution in [1.82, 2.24) is 29.7 Å². The maximum atomic E-state index is 13.9. The molecule has 2 fully saturated rings. The highest BCUT2D eigenvalue weighted by Crippen LogP contribution is 2.46. The average molecular weight is 1670 g/mol. The average Bonchev–Trinajstić information content (AvgIpc) is 1.45. The van der Waals surface area contributed by atoms with Crippen molar-refractivity contribution in [1.29, 1.82) is 0 Å². The Morgan fingerprint density at radius 1 is 0.509 bits per heavy atom. The summed E-state index contributed by atoms with van der Waals surface area (Å²) in [5.41, 5.74) is 1.77. The van der Waals surface area contributed by atoms with Crippen LogP contribution in [-0.2, 0) is 123 Å². The topological polar surface area (TPSA) is 395 Å². The summed E-state index contributed by atoms with van der Waals surface area (Å²) in [5.74, 6) is -7.46. The number of carbonyl (C=O) groups is 12. The van der Waals surface area contributed by atoms with Crippen molar-refractivity contribution in [3.63, 3.8) is 0 Å². The Morgan fingerprint density at radius 3 is 1.27 bits per heavy atom. The van der Waals surface area contributed by atoms with E-state index in [0.717, 1.165) is 58.6 Å². The van der Waals surface area contributed by atoms with Crippen LogP contribution in [0.25, 0.3) is 44.6 Å². The number of nitrogens with one attached hydrogen (secondary N) is 2. The Kier molecular flexibility index (Phi) is 30.2. The highest BCUT2D eigenvalue weighted by Gasteiger charge is 2.53. The minimum atomic E-state index is -1.95. The van der Waals surface area contributed by atoms with Crippen LogP contribution < -0.4 is 21.8 Å². The number of rotatable bonds is 42. The Morgan fingerprint density at radius 2 is 0.879 bits per heavy atom. The first kappa shape index (κ1) is 87.7. The molecule has 32 heteroatoms. The number of nitrogens with zero attached hydrogens (tertiary/aromatic N) is 4. The van der Waals surface area contributed by atoms with E-state index in [-0.39, 0.29) is 187 Å². The molecule has 4 aromatic heterocycles. The third kappa shape index (κ3) is 20.5. The molecule has 6 aliphatic rings. The van der Waals surface area contributed by atoms with Crippen molar-refractivity contribution in [2.45, 2.75) is 190 Å². The second-order valence-corrected chi connectivity index (χ2v) is 35.0. The van der Waals surface area contributed by atoms with Crippen molar-refractivity contribution < 1.29 is 96.2 Å². The molecule has 28 nitrogen and oxygen atoms in total. The van der Waals surface area contributed by atoms with Gasteiger partial charge in [0.05, 0.1) is 102 Å². The van der Waals surface area contributed by atoms with Gasteiger partial charge in [-0.1, -0.05) is 64.1 Å². The molecule has 0 saturated heterocycles. The molecular formula is C84H98N6O22S4. The van der Waals surface area contributed by atoms with Crippen LogP contribution in [0.5, 0.6) is 0 Å². The van der Waals surface area contributed by atoms with Gasteiger partial charge < -0.3 is 58.4 Å². The molecule has 2 saturated carbocycles. The van der Waals surface area contributed by atoms with E-state index in [1.54, 1.807) is 70.4 Å². The van der Waals surface area contributed by atoms with Crippen LogP contribution in [0.15, 0.2) is 82.4 Å². The summed E-state index contributed by atoms with van der Waals surface area (Å²) in [6.07, 6.45) is 5.11. The number of carboxylic acid groups (broad SMARTS) is 2. The predicted molar refractivity (Wildman–Crippen MR) is 437 cm³/mol. The fourth-order valence-electron chi connectivity index (χ4n) is 14.8. The summed E-state index contributed by atoms with van der Waals surface area (Å²) in [6, 6.07) is 22.6. The second kappa shape index (κ2) is 39.9. The summed E-state index contributed by atoms with van der Waals surface area (Å²) in [6.45, 7) is 9.59. The van der Waals surface area contributed by atoms with Crippen LogP contribution in [0.4, 0.5) is 0 Å². The van der Waals surface area contributed by atoms with Gasteiger partial charge in [0, 0.05) is 121 Å². The lowest BCUT2D eigenvalue weighted by atomic mass is 9.85. The van der Waals surface area contributed by atoms with E-state index in [1.165, 1.54) is 25.6 Å². The fourth-order valence-corrected chi connectivity index (χ4v) is 21.6. The number of benzene rings is 2. The standard InChI is InChI=1S/2C42H49N3O11S2/c1-4-25(40(51)52)22-57-34-10-11-35(34)58-23-28(17-29(47)13-15-54-14-12-24(3)46)38(49)43-19-36(48)56-42(5-2)31-18-33-37-27(16-26-8-6-7-9-32(26)44-37)20-45(33)39(50)30(31)21-55-41(42)53;1-4-25(22-57-34-10-11-35(34)58-23-28(40(51)52)17-29(47)13-15-54-14-12-24(3)46)38(49)43-19-36(48)56-42(5-2)31-18-33-37-27(16-26-8-6-7-9-32(26)44-37)20-45(33)39(50)30(31)21-55-41(42)53/h2*6-9,16,18,25,28,34-35H,4-5,10-15,17,19-23H2,1-3H3,(H,43,49)(H,51,52)/t2*25?,28?,34?,35?,42-/m00/s1. The lowest BCUT2D eigenvalue weighted by Gasteiger charge is -2.37. The number of hydrogen-bond acceptors (Lipinski definition) is 26. The van der Waals surface area contributed by atoms with Crippen LogP contribution in [-0.4, -0.2) is 184 Å². The molecule has 0 radical (unpaired) electrons. The summed E-state index contributed by atoms with van der Waals surface area (Å²) < 4.78 is 36.6. The van der Waals surface area contributed by atoms with Crippen LogP contribution >= 0.6 is 47.0 Å². The number of pyridine rings is 4. The molecule has 8 heterocycles. The van der Waals surface area contributed by atoms with Crippen LogP contribution in [0.1, 0.15) is 165 Å². The number of carboxylic acids is 2. The number of hydrogen-bond donors (Lipinski definition) is 4. The fraction of sp³-hybridized carbons (Fsp3) is 0.524. The number of ether oxygens (including phenoxy) is 6. The first-order valence-corrected chi connectivity index (χ1v) is 43.6. The Bertz CT molecular complexity index is 4910. The number of Topliss-reactive ketones (excluding diaryl/α,β-unsaturated/α-hetero) is 4. The first-order valence-electron chi connectivity index (χ1n) is 39.5. The molecule has 4 aliphatic heterocycles. The van der Waals surface area contributed by atoms with Gasteiger partial charge in [-0.3, -0.25) is 57.5 Å². The van der Waals surface area contributed by atoms with Crippen molar-refractivity contribution in [2.24, 2.45) is 23.7 Å². The van der Waals surface area contributed by atoms with Crippen molar-refractivity contribution in [2.75, 3.05) is 62.5 Å². The van der Waals surface area contributed by atoms with Gasteiger partial charge in [-0.25, -0.2) is 19.6 Å². The molecule has 0 bridgehead atoms. The Labute approximate surface area is 687 Å². The number of fused-ring (bicyclic) bond motifs is 10. The number of para-hydroxylation sites is 2. The third-order valence-electron chi connectivity index (χ3n) is 22.1. The van der Waals surface area contributed by atoms with Gasteiger partial charge in [0.1, 0.15) is 49.4 Å². The zero-order chi connectivity index (χ0) is 83.1. The van der Waals surface area contributed by atoms with E-state index in [2.05, 4.69) is 10.6 Å². The van der Waals surface area contributed by atoms with E-state index in [9.17, 15) is 77.3 Å². The number of aliphatic carboxylic acids is 2. The van der Waals surface area contributed by atoms with Gasteiger partial charge in [-0.05, 0) is 102 Å². The number of cyclic esters (lactones) is 2. The summed E-state index contributed by atoms with van der Waals surface area (Å²) in [7, 11) is 0. The minimum absolute atomic E-state index is 0.00132. The summed E-state index contributed by atoms with van der Waals surface area (Å²) >= 11 is 6.35. The Hall–Kier alpha value is -9.08. The van der Waals surface area contributed by atoms with Gasteiger partial charge in [0.25, 0.3) is 11.1 Å². The largest absolute Gasteiger partial charge is 0.481 e. The van der Waals surface area contributed by atoms with Crippen LogP contribution in [0, 0.1) is 23.7 Å². The van der Waals surface area contributed by atoms with E-state index in [1.807, 2.05) is 74.5 Å². The lowest BCUT2D eigenvalue weighted by Crippen LogP contribution is -2.49. The van der Waals surface area contributed by atoms with E-state index < -0.39 is 89.7 Å². The van der Waals surface area contributed by atoms with E-state index >= 15 is 0 Å². The number of carbonyl (C=O) groups excluding carboxylic acids is 10. The molecular weight excluding hydrogens is 1570 g/mol. The van der Waals surface area contributed by atoms with Gasteiger partial charge in [-0.2, -0.15) is 47.0 Å². The van der Waals surface area contributed by atoms with Gasteiger partial charge in [-0.15, -0.1) is 0 Å². The number of thioether (sulfide) groups is 4. The molecule has 620 valence electrons. The molecule has 2 aliphatic carbocycles. The maximum absolute atomic E-state index is 13.9. The number of ketones is 4. The van der Waals surface area contributed by atoms with Crippen LogP contribution in [0.3, 0.4) is 0 Å². The molecule has 6 aromatic rings. The highest BCUT2D eigenvalue weighted by atomic mass is 32.2. The molecule has 10 atom stereocenters. The van der Waals surface area contributed by atoms with Crippen molar-refractivity contribution in [3.05, 3.63) is 127 Å². The molecule has 2 aromatic carbocycles. The third-order valence-corrected chi connectivity index (χ3v) is 28.8. The zero-order valence-electron chi connectivity index (χ0n) is 65.8. The predicted octanol–water partition coefficient (Wildman–Crippen LogP) is 9.63. The molecule has 8 unspecified atom stereocenters. The Balaban J connectivity index is 0.000000228. The van der Waals surface area contributed by atoms with Crippen LogP contribution in [0.2, 0.25) is 0 Å². The SMILES string of the molecule is CCC(CSC1CCC1SCC(CC(=O)CCOCCC(C)=O)C(=O)NCC(=O)O[C@]1(CC)C(=O)OCc2c1cc1n(c2=O)Cc2cc3ccccc3nc2-1)C(=O)O.CCC(CSC1CCC1SCC(CC(=O)CCOCCC(C)=O)C(=O)O)C(=O)NCC(=O)O[C@]1(CC)C(=O)OCc2c1cc1n(c2=O)Cc2cc3ccccc3nc2-1.